The van der Waals surface area contributed by atoms with Crippen LogP contribution in [0.2, 0.25) is 0 Å². The van der Waals surface area contributed by atoms with Gasteiger partial charge < -0.3 is 5.73 Å². The molecule has 5 heteroatoms. The predicted octanol–water partition coefficient (Wildman–Crippen LogP) is 2.52. The molecule has 0 radical (unpaired) electrons. The van der Waals surface area contributed by atoms with Crippen molar-refractivity contribution in [1.82, 2.24) is 9.59 Å². The summed E-state index contributed by atoms with van der Waals surface area (Å²) < 4.78 is 3.96. The van der Waals surface area contributed by atoms with Crippen LogP contribution in [0, 0.1) is 6.92 Å². The monoisotopic (exact) mass is 239 g/mol. The van der Waals surface area contributed by atoms with Gasteiger partial charge in [0.05, 0.1) is 16.6 Å². The highest BCUT2D eigenvalue weighted by atomic mass is 32.1. The van der Waals surface area contributed by atoms with E-state index in [-0.39, 0.29) is 6.04 Å². The number of nitrogens with two attached hydrogens (primary N) is 1. The van der Waals surface area contributed by atoms with Gasteiger partial charge in [-0.15, -0.1) is 16.4 Å². The van der Waals surface area contributed by atoms with Crippen LogP contribution in [0.25, 0.3) is 0 Å². The Morgan fingerprint density at radius 3 is 2.87 bits per heavy atom. The van der Waals surface area contributed by atoms with E-state index < -0.39 is 0 Å². The molecule has 2 N–H and O–H groups in total. The van der Waals surface area contributed by atoms with Gasteiger partial charge in [-0.1, -0.05) is 11.4 Å². The Kier molecular flexibility index (Phi) is 3.14. The van der Waals surface area contributed by atoms with Crippen molar-refractivity contribution in [3.05, 3.63) is 32.5 Å². The largest absolute Gasteiger partial charge is 0.319 e. The molecule has 0 saturated carbocycles. The van der Waals surface area contributed by atoms with E-state index in [2.05, 4.69) is 35.6 Å². The van der Waals surface area contributed by atoms with E-state index in [9.17, 15) is 0 Å². The van der Waals surface area contributed by atoms with Crippen molar-refractivity contribution < 1.29 is 0 Å². The normalized spacial score (nSPS) is 13.0. The molecule has 2 rings (SSSR count). The first-order valence-electron chi connectivity index (χ1n) is 4.85. The fourth-order valence-corrected chi connectivity index (χ4v) is 3.17. The zero-order chi connectivity index (χ0) is 10.8. The van der Waals surface area contributed by atoms with Crippen LogP contribution in [-0.2, 0) is 6.42 Å². The Bertz CT molecular complexity index is 447. The third kappa shape index (κ3) is 2.09. The third-order valence-electron chi connectivity index (χ3n) is 2.27. The molecule has 3 nitrogen and oxygen atoms in total. The minimum atomic E-state index is -0.0568. The molecule has 0 aliphatic rings. The average molecular weight is 239 g/mol. The number of rotatable bonds is 3. The van der Waals surface area contributed by atoms with Crippen molar-refractivity contribution in [2.24, 2.45) is 5.73 Å². The van der Waals surface area contributed by atoms with Gasteiger partial charge in [0.2, 0.25) is 0 Å². The molecular weight excluding hydrogens is 226 g/mol. The van der Waals surface area contributed by atoms with Crippen LogP contribution in [0.1, 0.15) is 33.3 Å². The maximum Gasteiger partial charge on any atom is 0.0804 e. The first-order chi connectivity index (χ1) is 7.22. The first kappa shape index (κ1) is 10.7. The minimum Gasteiger partial charge on any atom is -0.319 e. The van der Waals surface area contributed by atoms with Gasteiger partial charge in [-0.25, -0.2) is 0 Å². The molecule has 80 valence electrons. The van der Waals surface area contributed by atoms with E-state index in [4.69, 9.17) is 5.73 Å². The average Bonchev–Trinajstić information content (AvgIpc) is 2.84. The molecule has 0 aromatic carbocycles. The minimum absolute atomic E-state index is 0.0568. The molecule has 0 bridgehead atoms. The summed E-state index contributed by atoms with van der Waals surface area (Å²) in [7, 11) is 0. The van der Waals surface area contributed by atoms with Crippen molar-refractivity contribution in [3.8, 4) is 0 Å². The molecule has 0 aliphatic carbocycles. The topological polar surface area (TPSA) is 51.8 Å². The van der Waals surface area contributed by atoms with E-state index in [1.165, 1.54) is 21.3 Å². The zero-order valence-corrected chi connectivity index (χ0v) is 10.4. The van der Waals surface area contributed by atoms with E-state index in [0.717, 1.165) is 17.0 Å². The van der Waals surface area contributed by atoms with Gasteiger partial charge in [-0.2, -0.15) is 0 Å². The summed E-state index contributed by atoms with van der Waals surface area (Å²) in [4.78, 5) is 3.57. The molecule has 1 atom stereocenters. The Labute approximate surface area is 97.1 Å². The number of aromatic nitrogens is 2. The number of thiophene rings is 1. The van der Waals surface area contributed by atoms with Gasteiger partial charge in [0.25, 0.3) is 0 Å². The summed E-state index contributed by atoms with van der Waals surface area (Å²) in [6, 6.07) is 4.13. The van der Waals surface area contributed by atoms with Crippen molar-refractivity contribution in [1.29, 1.82) is 0 Å². The van der Waals surface area contributed by atoms with Crippen molar-refractivity contribution in [3.63, 3.8) is 0 Å². The summed E-state index contributed by atoms with van der Waals surface area (Å²) in [5.41, 5.74) is 7.22. The smallest absolute Gasteiger partial charge is 0.0804 e. The van der Waals surface area contributed by atoms with Gasteiger partial charge in [-0.05, 0) is 37.0 Å². The molecule has 1 unspecified atom stereocenters. The lowest BCUT2D eigenvalue weighted by Gasteiger charge is -2.07. The Hall–Kier alpha value is -0.780. The van der Waals surface area contributed by atoms with E-state index in [1.807, 2.05) is 0 Å². The molecule has 0 fully saturated rings. The molecule has 2 heterocycles. The highest BCUT2D eigenvalue weighted by Crippen LogP contribution is 2.29. The fourth-order valence-electron chi connectivity index (χ4n) is 1.45. The Balaban J connectivity index is 2.31. The maximum atomic E-state index is 6.19. The van der Waals surface area contributed by atoms with Crippen LogP contribution in [0.3, 0.4) is 0 Å². The van der Waals surface area contributed by atoms with Crippen LogP contribution in [0.4, 0.5) is 0 Å². The van der Waals surface area contributed by atoms with Gasteiger partial charge >= 0.3 is 0 Å². The first-order valence-corrected chi connectivity index (χ1v) is 6.44. The highest BCUT2D eigenvalue weighted by Gasteiger charge is 2.17. The lowest BCUT2D eigenvalue weighted by Crippen LogP contribution is -2.10. The Morgan fingerprint density at radius 2 is 2.27 bits per heavy atom. The summed E-state index contributed by atoms with van der Waals surface area (Å²) in [5, 5.41) is 4.08. The van der Waals surface area contributed by atoms with Crippen LogP contribution in [0.15, 0.2) is 12.1 Å². The number of aryl methyl sites for hydroxylation is 2. The van der Waals surface area contributed by atoms with Crippen LogP contribution >= 0.6 is 22.9 Å². The predicted molar refractivity (Wildman–Crippen MR) is 64.4 cm³/mol. The molecule has 15 heavy (non-hydrogen) atoms. The second kappa shape index (κ2) is 4.38. The molecule has 0 aliphatic heterocycles. The molecular formula is C10H13N3S2. The van der Waals surface area contributed by atoms with Crippen molar-refractivity contribution in [2.75, 3.05) is 0 Å². The summed E-state index contributed by atoms with van der Waals surface area (Å²) in [6.45, 7) is 4.17. The van der Waals surface area contributed by atoms with Crippen LogP contribution in [-0.4, -0.2) is 9.59 Å². The lowest BCUT2D eigenvalue weighted by atomic mass is 10.1. The Morgan fingerprint density at radius 1 is 1.47 bits per heavy atom. The van der Waals surface area contributed by atoms with Crippen LogP contribution < -0.4 is 5.73 Å². The van der Waals surface area contributed by atoms with Gasteiger partial charge in [0.1, 0.15) is 0 Å². The molecule has 2 aromatic heterocycles. The van der Waals surface area contributed by atoms with Crippen LogP contribution in [0.5, 0.6) is 0 Å². The second-order valence-corrected chi connectivity index (χ2v) is 5.47. The standard InChI is InChI=1S/C10H13N3S2/c1-3-7-10(15-13-12-7)9(11)8-5-4-6(2)14-8/h4-5,9H,3,11H2,1-2H3. The summed E-state index contributed by atoms with van der Waals surface area (Å²) in [5.74, 6) is 0. The lowest BCUT2D eigenvalue weighted by molar-refractivity contribution is 0.869. The second-order valence-electron chi connectivity index (χ2n) is 3.36. The van der Waals surface area contributed by atoms with Crippen molar-refractivity contribution in [2.45, 2.75) is 26.3 Å². The zero-order valence-electron chi connectivity index (χ0n) is 8.73. The quantitative estimate of drug-likeness (QED) is 0.895. The van der Waals surface area contributed by atoms with E-state index >= 15 is 0 Å². The third-order valence-corrected chi connectivity index (χ3v) is 4.20. The number of nitrogens with zero attached hydrogens (tertiary/aromatic N) is 2. The van der Waals surface area contributed by atoms with E-state index in [0.29, 0.717) is 0 Å². The van der Waals surface area contributed by atoms with Gasteiger partial charge in [0.15, 0.2) is 0 Å². The molecule has 2 aromatic rings. The highest BCUT2D eigenvalue weighted by molar-refractivity contribution is 7.12. The van der Waals surface area contributed by atoms with Gasteiger partial charge in [-0.3, -0.25) is 0 Å². The number of hydrogen-bond donors (Lipinski definition) is 1. The van der Waals surface area contributed by atoms with Crippen molar-refractivity contribution >= 4 is 22.9 Å². The molecule has 0 spiro atoms. The maximum absolute atomic E-state index is 6.19. The number of hydrogen-bond acceptors (Lipinski definition) is 5. The summed E-state index contributed by atoms with van der Waals surface area (Å²) in [6.07, 6.45) is 0.893. The van der Waals surface area contributed by atoms with Gasteiger partial charge in [0, 0.05) is 9.75 Å². The molecule has 0 saturated heterocycles. The fraction of sp³-hybridized carbons (Fsp3) is 0.400. The summed E-state index contributed by atoms with van der Waals surface area (Å²) >= 11 is 3.15. The SMILES string of the molecule is CCc1nnsc1C(N)c1ccc(C)s1. The molecule has 0 amide bonds. The van der Waals surface area contributed by atoms with E-state index in [1.54, 1.807) is 11.3 Å².